The largest absolute Gasteiger partial charge is 0.308 e. The van der Waals surface area contributed by atoms with Gasteiger partial charge in [0.05, 0.1) is 11.7 Å². The summed E-state index contributed by atoms with van der Waals surface area (Å²) in [6, 6.07) is 6.70. The standard InChI is InChI=1S/C13H20N2/c1-2-9-15-13(11-6-5-7-11)12-8-3-4-10-14-12/h3-4,8,10-11,13,15H,2,5-7,9H2,1H3. The van der Waals surface area contributed by atoms with Crippen molar-refractivity contribution in [2.45, 2.75) is 38.6 Å². The van der Waals surface area contributed by atoms with Gasteiger partial charge in [-0.25, -0.2) is 0 Å². The molecule has 0 bridgehead atoms. The monoisotopic (exact) mass is 204 g/mol. The molecular weight excluding hydrogens is 184 g/mol. The van der Waals surface area contributed by atoms with Gasteiger partial charge in [-0.15, -0.1) is 0 Å². The van der Waals surface area contributed by atoms with Crippen LogP contribution in [0, 0.1) is 5.92 Å². The summed E-state index contributed by atoms with van der Waals surface area (Å²) in [4.78, 5) is 4.47. The van der Waals surface area contributed by atoms with Gasteiger partial charge in [-0.2, -0.15) is 0 Å². The molecule has 0 aliphatic heterocycles. The fourth-order valence-electron chi connectivity index (χ4n) is 2.15. The number of nitrogens with zero attached hydrogens (tertiary/aromatic N) is 1. The third-order valence-corrected chi connectivity index (χ3v) is 3.24. The van der Waals surface area contributed by atoms with E-state index < -0.39 is 0 Å². The van der Waals surface area contributed by atoms with Gasteiger partial charge in [-0.1, -0.05) is 19.4 Å². The fourth-order valence-corrected chi connectivity index (χ4v) is 2.15. The van der Waals surface area contributed by atoms with E-state index in [0.717, 1.165) is 12.5 Å². The molecule has 82 valence electrons. The Hall–Kier alpha value is -0.890. The zero-order chi connectivity index (χ0) is 10.5. The number of nitrogens with one attached hydrogen (secondary N) is 1. The van der Waals surface area contributed by atoms with Crippen LogP contribution in [0.4, 0.5) is 0 Å². The molecule has 1 unspecified atom stereocenters. The molecule has 0 aromatic carbocycles. The van der Waals surface area contributed by atoms with Crippen molar-refractivity contribution in [1.29, 1.82) is 0 Å². The topological polar surface area (TPSA) is 24.9 Å². The maximum absolute atomic E-state index is 4.47. The summed E-state index contributed by atoms with van der Waals surface area (Å²) >= 11 is 0. The molecule has 2 rings (SSSR count). The van der Waals surface area contributed by atoms with Gasteiger partial charge in [-0.05, 0) is 43.9 Å². The molecule has 2 nitrogen and oxygen atoms in total. The van der Waals surface area contributed by atoms with Crippen molar-refractivity contribution in [2.75, 3.05) is 6.54 Å². The Kier molecular flexibility index (Phi) is 3.73. The van der Waals surface area contributed by atoms with Crippen LogP contribution in [0.5, 0.6) is 0 Å². The lowest BCUT2D eigenvalue weighted by Crippen LogP contribution is -2.33. The quantitative estimate of drug-likeness (QED) is 0.797. The third kappa shape index (κ3) is 2.57. The smallest absolute Gasteiger partial charge is 0.0576 e. The average molecular weight is 204 g/mol. The normalized spacial score (nSPS) is 18.5. The van der Waals surface area contributed by atoms with Crippen molar-refractivity contribution in [3.8, 4) is 0 Å². The minimum atomic E-state index is 0.486. The molecule has 1 aliphatic rings. The van der Waals surface area contributed by atoms with Gasteiger partial charge in [0.2, 0.25) is 0 Å². The van der Waals surface area contributed by atoms with Crippen molar-refractivity contribution in [2.24, 2.45) is 5.92 Å². The van der Waals surface area contributed by atoms with E-state index in [2.05, 4.69) is 29.4 Å². The molecule has 2 heteroatoms. The van der Waals surface area contributed by atoms with Crippen LogP contribution in [0.25, 0.3) is 0 Å². The predicted octanol–water partition coefficient (Wildman–Crippen LogP) is 2.92. The second-order valence-corrected chi connectivity index (χ2v) is 4.38. The predicted molar refractivity (Wildman–Crippen MR) is 62.6 cm³/mol. The van der Waals surface area contributed by atoms with E-state index in [4.69, 9.17) is 0 Å². The molecule has 1 atom stereocenters. The second-order valence-electron chi connectivity index (χ2n) is 4.38. The Morgan fingerprint density at radius 3 is 2.87 bits per heavy atom. The van der Waals surface area contributed by atoms with Gasteiger partial charge in [-0.3, -0.25) is 4.98 Å². The van der Waals surface area contributed by atoms with Crippen LogP contribution in [-0.4, -0.2) is 11.5 Å². The second kappa shape index (κ2) is 5.26. The van der Waals surface area contributed by atoms with Gasteiger partial charge in [0, 0.05) is 6.20 Å². The highest BCUT2D eigenvalue weighted by Gasteiger charge is 2.28. The maximum atomic E-state index is 4.47. The van der Waals surface area contributed by atoms with Gasteiger partial charge in [0.25, 0.3) is 0 Å². The number of pyridine rings is 1. The SMILES string of the molecule is CCCNC(c1ccccn1)C1CCC1. The lowest BCUT2D eigenvalue weighted by molar-refractivity contribution is 0.227. The van der Waals surface area contributed by atoms with Gasteiger partial charge < -0.3 is 5.32 Å². The average Bonchev–Trinajstić information content (AvgIpc) is 2.22. The first-order chi connectivity index (χ1) is 7.42. The Labute approximate surface area is 92.1 Å². The van der Waals surface area contributed by atoms with Crippen LogP contribution >= 0.6 is 0 Å². The molecule has 1 heterocycles. The Morgan fingerprint density at radius 2 is 2.33 bits per heavy atom. The van der Waals surface area contributed by atoms with Crippen LogP contribution in [0.15, 0.2) is 24.4 Å². The van der Waals surface area contributed by atoms with E-state index in [-0.39, 0.29) is 0 Å². The number of rotatable bonds is 5. The van der Waals surface area contributed by atoms with Crippen molar-refractivity contribution >= 4 is 0 Å². The lowest BCUT2D eigenvalue weighted by atomic mass is 9.78. The summed E-state index contributed by atoms with van der Waals surface area (Å²) in [5, 5.41) is 3.63. The van der Waals surface area contributed by atoms with E-state index >= 15 is 0 Å². The molecule has 0 radical (unpaired) electrons. The highest BCUT2D eigenvalue weighted by molar-refractivity contribution is 5.10. The Morgan fingerprint density at radius 1 is 1.47 bits per heavy atom. The van der Waals surface area contributed by atoms with Crippen LogP contribution in [-0.2, 0) is 0 Å². The zero-order valence-electron chi connectivity index (χ0n) is 9.45. The molecule has 1 aromatic heterocycles. The van der Waals surface area contributed by atoms with Crippen molar-refractivity contribution in [3.05, 3.63) is 30.1 Å². The lowest BCUT2D eigenvalue weighted by Gasteiger charge is -2.34. The van der Waals surface area contributed by atoms with Crippen molar-refractivity contribution in [3.63, 3.8) is 0 Å². The van der Waals surface area contributed by atoms with Crippen LogP contribution in [0.2, 0.25) is 0 Å². The van der Waals surface area contributed by atoms with Crippen LogP contribution in [0.1, 0.15) is 44.3 Å². The van der Waals surface area contributed by atoms with Crippen molar-refractivity contribution in [1.82, 2.24) is 10.3 Å². The summed E-state index contributed by atoms with van der Waals surface area (Å²) in [7, 11) is 0. The summed E-state index contributed by atoms with van der Waals surface area (Å²) in [5.74, 6) is 0.812. The van der Waals surface area contributed by atoms with Crippen LogP contribution < -0.4 is 5.32 Å². The summed E-state index contributed by atoms with van der Waals surface area (Å²) in [5.41, 5.74) is 1.22. The zero-order valence-corrected chi connectivity index (χ0v) is 9.45. The first-order valence-corrected chi connectivity index (χ1v) is 6.06. The first kappa shape index (κ1) is 10.6. The fraction of sp³-hybridized carbons (Fsp3) is 0.615. The molecular formula is C13H20N2. The molecule has 1 fully saturated rings. The van der Waals surface area contributed by atoms with Gasteiger partial charge in [0.15, 0.2) is 0 Å². The highest BCUT2D eigenvalue weighted by atomic mass is 14.9. The molecule has 0 amide bonds. The summed E-state index contributed by atoms with van der Waals surface area (Å²) in [6.45, 7) is 3.31. The third-order valence-electron chi connectivity index (χ3n) is 3.24. The van der Waals surface area contributed by atoms with Gasteiger partial charge in [0.1, 0.15) is 0 Å². The maximum Gasteiger partial charge on any atom is 0.0576 e. The molecule has 1 N–H and O–H groups in total. The number of hydrogen-bond donors (Lipinski definition) is 1. The molecule has 15 heavy (non-hydrogen) atoms. The number of hydrogen-bond acceptors (Lipinski definition) is 2. The minimum Gasteiger partial charge on any atom is -0.308 e. The van der Waals surface area contributed by atoms with Crippen LogP contribution in [0.3, 0.4) is 0 Å². The summed E-state index contributed by atoms with van der Waals surface area (Å²) < 4.78 is 0. The minimum absolute atomic E-state index is 0.486. The number of aromatic nitrogens is 1. The van der Waals surface area contributed by atoms with Gasteiger partial charge >= 0.3 is 0 Å². The molecule has 0 saturated heterocycles. The van der Waals surface area contributed by atoms with Crippen molar-refractivity contribution < 1.29 is 0 Å². The molecule has 1 aromatic rings. The molecule has 1 aliphatic carbocycles. The van der Waals surface area contributed by atoms with E-state index in [1.807, 2.05) is 12.3 Å². The van der Waals surface area contributed by atoms with E-state index in [9.17, 15) is 0 Å². The molecule has 1 saturated carbocycles. The Balaban J connectivity index is 2.04. The summed E-state index contributed by atoms with van der Waals surface area (Å²) in [6.07, 6.45) is 7.20. The van der Waals surface area contributed by atoms with E-state index in [0.29, 0.717) is 6.04 Å². The first-order valence-electron chi connectivity index (χ1n) is 6.06. The Bertz CT molecular complexity index is 280. The van der Waals surface area contributed by atoms with E-state index in [1.54, 1.807) is 0 Å². The highest BCUT2D eigenvalue weighted by Crippen LogP contribution is 2.36. The van der Waals surface area contributed by atoms with E-state index in [1.165, 1.54) is 31.4 Å². The molecule has 0 spiro atoms.